The second kappa shape index (κ2) is 5.02. The van der Waals surface area contributed by atoms with Crippen molar-refractivity contribution < 1.29 is 9.47 Å². The Bertz CT molecular complexity index is 211. The van der Waals surface area contributed by atoms with Crippen LogP contribution in [0.4, 0.5) is 0 Å². The Morgan fingerprint density at radius 2 is 2.46 bits per heavy atom. The number of aliphatic imine (C=N–C) groups is 1. The van der Waals surface area contributed by atoms with Crippen LogP contribution < -0.4 is 0 Å². The summed E-state index contributed by atoms with van der Waals surface area (Å²) in [5.74, 6) is 0. The van der Waals surface area contributed by atoms with E-state index in [2.05, 4.69) is 11.9 Å². The molecule has 1 aliphatic heterocycles. The number of hydrogen-bond acceptors (Lipinski definition) is 3. The van der Waals surface area contributed by atoms with Gasteiger partial charge in [0.2, 0.25) is 0 Å². The molecular weight excluding hydrogens is 166 g/mol. The first-order valence-corrected chi connectivity index (χ1v) is 4.64. The highest BCUT2D eigenvalue weighted by Gasteiger charge is 2.07. The fourth-order valence-corrected chi connectivity index (χ4v) is 1.16. The first kappa shape index (κ1) is 10.3. The van der Waals surface area contributed by atoms with Crippen LogP contribution in [0.15, 0.2) is 16.8 Å². The molecule has 1 aliphatic rings. The van der Waals surface area contributed by atoms with Gasteiger partial charge >= 0.3 is 0 Å². The molecule has 0 spiro atoms. The van der Waals surface area contributed by atoms with E-state index < -0.39 is 0 Å². The summed E-state index contributed by atoms with van der Waals surface area (Å²) in [4.78, 5) is 4.14. The van der Waals surface area contributed by atoms with Gasteiger partial charge in [-0.2, -0.15) is 0 Å². The molecule has 3 nitrogen and oxygen atoms in total. The Morgan fingerprint density at radius 1 is 1.69 bits per heavy atom. The molecule has 2 atom stereocenters. The summed E-state index contributed by atoms with van der Waals surface area (Å²) >= 11 is 0. The molecule has 3 heteroatoms. The van der Waals surface area contributed by atoms with Crippen LogP contribution in [0.1, 0.15) is 26.7 Å². The van der Waals surface area contributed by atoms with Gasteiger partial charge in [-0.1, -0.05) is 0 Å². The average molecular weight is 183 g/mol. The molecule has 74 valence electrons. The standard InChI is InChI=1S/C10H17NO2/c1-8(12-3)4-5-10-6-9(2)13-7-11-10/h6-9H,4-5H2,1-3H3. The van der Waals surface area contributed by atoms with Crippen LogP contribution in [0, 0.1) is 0 Å². The quantitative estimate of drug-likeness (QED) is 0.668. The topological polar surface area (TPSA) is 30.8 Å². The van der Waals surface area contributed by atoms with Gasteiger partial charge in [-0.3, -0.25) is 0 Å². The maximum Gasteiger partial charge on any atom is 0.175 e. The van der Waals surface area contributed by atoms with E-state index >= 15 is 0 Å². The Kier molecular flexibility index (Phi) is 3.96. The van der Waals surface area contributed by atoms with Gasteiger partial charge in [-0.05, 0) is 32.8 Å². The van der Waals surface area contributed by atoms with Gasteiger partial charge in [0.05, 0.1) is 6.10 Å². The molecule has 0 bridgehead atoms. The molecule has 0 aliphatic carbocycles. The largest absolute Gasteiger partial charge is 0.476 e. The fourth-order valence-electron chi connectivity index (χ4n) is 1.16. The molecule has 0 aromatic heterocycles. The molecule has 13 heavy (non-hydrogen) atoms. The zero-order valence-electron chi connectivity index (χ0n) is 8.49. The Labute approximate surface area is 79.5 Å². The number of ether oxygens (including phenoxy) is 2. The molecule has 1 heterocycles. The minimum Gasteiger partial charge on any atom is -0.476 e. The molecule has 0 radical (unpaired) electrons. The minimum absolute atomic E-state index is 0.158. The molecule has 0 amide bonds. The van der Waals surface area contributed by atoms with E-state index in [1.165, 1.54) is 6.40 Å². The second-order valence-corrected chi connectivity index (χ2v) is 3.32. The minimum atomic E-state index is 0.158. The highest BCUT2D eigenvalue weighted by Crippen LogP contribution is 2.14. The highest BCUT2D eigenvalue weighted by molar-refractivity contribution is 5.51. The molecule has 0 fully saturated rings. The summed E-state index contributed by atoms with van der Waals surface area (Å²) in [6.45, 7) is 4.07. The summed E-state index contributed by atoms with van der Waals surface area (Å²) < 4.78 is 10.3. The molecule has 0 saturated carbocycles. The lowest BCUT2D eigenvalue weighted by Crippen LogP contribution is -2.10. The third kappa shape index (κ3) is 3.59. The van der Waals surface area contributed by atoms with Crippen LogP contribution in [0.3, 0.4) is 0 Å². The number of allylic oxidation sites excluding steroid dienone is 1. The predicted molar refractivity (Wildman–Crippen MR) is 52.8 cm³/mol. The molecular formula is C10H17NO2. The van der Waals surface area contributed by atoms with Crippen LogP contribution in [0.2, 0.25) is 0 Å². The Balaban J connectivity index is 2.32. The van der Waals surface area contributed by atoms with Crippen LogP contribution >= 0.6 is 0 Å². The van der Waals surface area contributed by atoms with Gasteiger partial charge in [0, 0.05) is 12.8 Å². The summed E-state index contributed by atoms with van der Waals surface area (Å²) in [5, 5.41) is 0. The van der Waals surface area contributed by atoms with Crippen molar-refractivity contribution in [3.8, 4) is 0 Å². The zero-order chi connectivity index (χ0) is 9.68. The van der Waals surface area contributed by atoms with Crippen LogP contribution in [-0.4, -0.2) is 25.7 Å². The number of rotatable bonds is 4. The Hall–Kier alpha value is -0.830. The third-order valence-electron chi connectivity index (χ3n) is 2.13. The van der Waals surface area contributed by atoms with Gasteiger partial charge in [0.25, 0.3) is 0 Å². The van der Waals surface area contributed by atoms with Crippen molar-refractivity contribution >= 4 is 6.40 Å². The summed E-state index contributed by atoms with van der Waals surface area (Å²) in [6.07, 6.45) is 5.99. The van der Waals surface area contributed by atoms with Crippen LogP contribution in [-0.2, 0) is 9.47 Å². The second-order valence-electron chi connectivity index (χ2n) is 3.32. The number of methoxy groups -OCH3 is 1. The van der Waals surface area contributed by atoms with E-state index in [9.17, 15) is 0 Å². The van der Waals surface area contributed by atoms with E-state index in [-0.39, 0.29) is 6.10 Å². The summed E-state index contributed by atoms with van der Waals surface area (Å²) in [6, 6.07) is 0. The van der Waals surface area contributed by atoms with Gasteiger partial charge < -0.3 is 9.47 Å². The van der Waals surface area contributed by atoms with E-state index in [1.807, 2.05) is 13.0 Å². The van der Waals surface area contributed by atoms with Gasteiger partial charge in [0.15, 0.2) is 6.40 Å². The monoisotopic (exact) mass is 183 g/mol. The van der Waals surface area contributed by atoms with Crippen molar-refractivity contribution in [2.45, 2.75) is 38.9 Å². The smallest absolute Gasteiger partial charge is 0.175 e. The van der Waals surface area contributed by atoms with E-state index in [0.717, 1.165) is 18.5 Å². The van der Waals surface area contributed by atoms with Crippen molar-refractivity contribution in [3.05, 3.63) is 11.8 Å². The SMILES string of the molecule is COC(C)CCC1=CC(C)OC=N1. The summed E-state index contributed by atoms with van der Waals surface area (Å²) in [5.41, 5.74) is 1.10. The summed E-state index contributed by atoms with van der Waals surface area (Å²) in [7, 11) is 1.73. The number of hydrogen-bond donors (Lipinski definition) is 0. The lowest BCUT2D eigenvalue weighted by atomic mass is 10.1. The van der Waals surface area contributed by atoms with Crippen molar-refractivity contribution in [2.24, 2.45) is 4.99 Å². The maximum atomic E-state index is 5.16. The first-order chi connectivity index (χ1) is 6.22. The molecule has 0 aromatic rings. The Morgan fingerprint density at radius 3 is 3.08 bits per heavy atom. The molecule has 1 rings (SSSR count). The fraction of sp³-hybridized carbons (Fsp3) is 0.700. The van der Waals surface area contributed by atoms with E-state index in [4.69, 9.17) is 9.47 Å². The van der Waals surface area contributed by atoms with E-state index in [0.29, 0.717) is 6.10 Å². The third-order valence-corrected chi connectivity index (χ3v) is 2.13. The predicted octanol–water partition coefficient (Wildman–Crippen LogP) is 2.13. The average Bonchev–Trinajstić information content (AvgIpc) is 2.14. The van der Waals surface area contributed by atoms with Crippen molar-refractivity contribution in [1.29, 1.82) is 0 Å². The maximum absolute atomic E-state index is 5.16. The van der Waals surface area contributed by atoms with Gasteiger partial charge in [-0.25, -0.2) is 4.99 Å². The molecule has 0 saturated heterocycles. The normalized spacial score (nSPS) is 23.6. The van der Waals surface area contributed by atoms with Crippen molar-refractivity contribution in [3.63, 3.8) is 0 Å². The van der Waals surface area contributed by atoms with Crippen LogP contribution in [0.5, 0.6) is 0 Å². The molecule has 0 N–H and O–H groups in total. The van der Waals surface area contributed by atoms with E-state index in [1.54, 1.807) is 7.11 Å². The lowest BCUT2D eigenvalue weighted by Gasteiger charge is -2.14. The van der Waals surface area contributed by atoms with Crippen molar-refractivity contribution in [1.82, 2.24) is 0 Å². The zero-order valence-corrected chi connectivity index (χ0v) is 8.49. The number of nitrogens with zero attached hydrogens (tertiary/aromatic N) is 1. The first-order valence-electron chi connectivity index (χ1n) is 4.64. The van der Waals surface area contributed by atoms with Gasteiger partial charge in [0.1, 0.15) is 6.10 Å². The lowest BCUT2D eigenvalue weighted by molar-refractivity contribution is 0.111. The molecule has 2 unspecified atom stereocenters. The molecule has 0 aromatic carbocycles. The van der Waals surface area contributed by atoms with Crippen LogP contribution in [0.25, 0.3) is 0 Å². The van der Waals surface area contributed by atoms with Crippen molar-refractivity contribution in [2.75, 3.05) is 7.11 Å². The highest BCUT2D eigenvalue weighted by atomic mass is 16.5. The van der Waals surface area contributed by atoms with Gasteiger partial charge in [-0.15, -0.1) is 0 Å².